The van der Waals surface area contributed by atoms with Gasteiger partial charge in [-0.15, -0.1) is 0 Å². The molecule has 1 aliphatic rings. The number of carbonyl (C=O) groups is 1. The Balaban J connectivity index is 0.000000332. The van der Waals surface area contributed by atoms with Crippen LogP contribution >= 0.6 is 31.1 Å². The van der Waals surface area contributed by atoms with Crippen LogP contribution in [0.15, 0.2) is 89.8 Å². The van der Waals surface area contributed by atoms with Gasteiger partial charge < -0.3 is 55.5 Å². The molecule has 67 heavy (non-hydrogen) atoms. The van der Waals surface area contributed by atoms with E-state index in [-0.39, 0.29) is 33.7 Å². The van der Waals surface area contributed by atoms with Crippen molar-refractivity contribution in [3.05, 3.63) is 96.3 Å². The number of amides is 1. The van der Waals surface area contributed by atoms with Gasteiger partial charge in [0.2, 0.25) is 0 Å². The Bertz CT molecular complexity index is 2600. The number of carbonyl (C=O) groups excluding carboxylic acids is 1. The molecule has 4 aromatic carbocycles. The topological polar surface area (TPSA) is 421 Å². The van der Waals surface area contributed by atoms with E-state index in [9.17, 15) is 45.6 Å². The van der Waals surface area contributed by atoms with Gasteiger partial charge in [0.05, 0.1) is 12.0 Å². The van der Waals surface area contributed by atoms with E-state index >= 15 is 0 Å². The average Bonchev–Trinajstić information content (AvgIpc) is 3.14. The van der Waals surface area contributed by atoms with Crippen LogP contribution in [0.5, 0.6) is 23.0 Å². The fraction of sp³-hybridized carbons (Fsp3) is 0.306. The van der Waals surface area contributed by atoms with Crippen molar-refractivity contribution in [2.24, 2.45) is 0 Å². The van der Waals surface area contributed by atoms with Crippen molar-refractivity contribution < 1.29 is 97.6 Å². The first kappa shape index (κ1) is 58.5. The maximum atomic E-state index is 12.8. The molecule has 1 unspecified atom stereocenters. The van der Waals surface area contributed by atoms with Gasteiger partial charge >= 0.3 is 31.1 Å². The molecule has 0 aliphatic carbocycles. The third-order valence-corrected chi connectivity index (χ3v) is 10.9. The number of halogens is 1. The van der Waals surface area contributed by atoms with E-state index in [4.69, 9.17) is 60.1 Å². The third kappa shape index (κ3) is 21.9. The molecule has 1 amide bonds. The molecular formula is C36H52FN5O20P4S. The number of methoxy groups -OCH3 is 1. The highest BCUT2D eigenvalue weighted by Gasteiger charge is 2.49. The molecule has 31 heteroatoms. The minimum Gasteiger partial charge on any atom is -0.493 e. The summed E-state index contributed by atoms with van der Waals surface area (Å²) in [4.78, 5) is 73.3. The Morgan fingerprint density at radius 2 is 1.13 bits per heavy atom. The summed E-state index contributed by atoms with van der Waals surface area (Å²) in [5.41, 5.74) is 15.9. The summed E-state index contributed by atoms with van der Waals surface area (Å²) in [5, 5.41) is 4.14. The number of nitrogens with zero attached hydrogens (tertiary/aromatic N) is 1. The molecule has 1 heterocycles. The summed E-state index contributed by atoms with van der Waals surface area (Å²) < 4.78 is 110. The van der Waals surface area contributed by atoms with E-state index in [1.54, 1.807) is 52.0 Å². The highest BCUT2D eigenvalue weighted by molar-refractivity contribution is 7.85. The Morgan fingerprint density at radius 1 is 0.687 bits per heavy atom. The van der Waals surface area contributed by atoms with E-state index < -0.39 is 69.7 Å². The van der Waals surface area contributed by atoms with Crippen molar-refractivity contribution in [3.63, 3.8) is 0 Å². The summed E-state index contributed by atoms with van der Waals surface area (Å²) in [5.74, 6) is -1.39. The van der Waals surface area contributed by atoms with Crippen LogP contribution in [0.2, 0.25) is 0 Å². The number of nitrogens with one attached hydrogen (secondary N) is 1. The van der Waals surface area contributed by atoms with Gasteiger partial charge in [-0.25, -0.2) is 22.7 Å². The van der Waals surface area contributed by atoms with Gasteiger partial charge in [0.25, 0.3) is 16.0 Å². The van der Waals surface area contributed by atoms with Crippen LogP contribution in [0.3, 0.4) is 0 Å². The lowest BCUT2D eigenvalue weighted by molar-refractivity contribution is -0.231. The number of hydrogen-bond donors (Lipinski definition) is 12. The minimum absolute atomic E-state index is 0.0463. The van der Waals surface area contributed by atoms with Crippen LogP contribution in [0, 0.1) is 5.82 Å². The highest BCUT2D eigenvalue weighted by Crippen LogP contribution is 2.48. The van der Waals surface area contributed by atoms with Gasteiger partial charge in [0.1, 0.15) is 5.75 Å². The molecule has 0 spiro atoms. The molecule has 0 aromatic heterocycles. The second-order valence-corrected chi connectivity index (χ2v) is 22.0. The smallest absolute Gasteiger partial charge is 0.493 e. The van der Waals surface area contributed by atoms with E-state index in [1.807, 2.05) is 0 Å². The van der Waals surface area contributed by atoms with Crippen molar-refractivity contribution in [2.45, 2.75) is 62.6 Å². The van der Waals surface area contributed by atoms with E-state index in [0.29, 0.717) is 30.0 Å². The first-order valence-corrected chi connectivity index (χ1v) is 26.6. The van der Waals surface area contributed by atoms with Gasteiger partial charge in [-0.3, -0.25) is 28.9 Å². The van der Waals surface area contributed by atoms with Gasteiger partial charge in [-0.05, 0) is 113 Å². The van der Waals surface area contributed by atoms with Crippen LogP contribution < -0.4 is 40.8 Å². The lowest BCUT2D eigenvalue weighted by Crippen LogP contribution is -2.63. The quantitative estimate of drug-likeness (QED) is 0.0515. The van der Waals surface area contributed by atoms with Gasteiger partial charge in [0, 0.05) is 58.5 Å². The van der Waals surface area contributed by atoms with Crippen LogP contribution in [0.4, 0.5) is 21.5 Å². The summed E-state index contributed by atoms with van der Waals surface area (Å²) in [6.07, 6.45) is 0.733. The standard InChI is InChI=1S/C16H25N2O8PS.C7H10NO5P.C7H10NO3P.C6H7FNO4P/c1-15(2)9-12(10-16(3,4)18(15)26-27(20,21)22)17-14(19)11-5-7-13(8-6-11)28(23,24)25;1-12-7-4-5(8)2-3-6(7)13-14(9,10)11;1-12(9,10)11-7-4-2-6(8)3-5-7;7-5-3-4(8)1-2-6(5)12-13(9,10)11/h5-8,12H,9-10H2,1-4H3,(H,17,19)(H2,20,21,22)(H,23,24,25);2-4H,8H2,1H3,(H2,9,10,11);2-5H,8H2,1H3,(H,9,10);1-3H,8H2,(H2,9,10,11). The zero-order valence-corrected chi connectivity index (χ0v) is 40.7. The van der Waals surface area contributed by atoms with Crippen molar-refractivity contribution in [1.82, 2.24) is 10.4 Å². The number of ether oxygens (including phenoxy) is 1. The molecule has 15 N–H and O–H groups in total. The van der Waals surface area contributed by atoms with Crippen LogP contribution in [0.1, 0.15) is 50.9 Å². The number of anilines is 3. The zero-order valence-electron chi connectivity index (χ0n) is 36.3. The number of rotatable bonds is 12. The second-order valence-electron chi connectivity index (χ2n) is 15.3. The first-order chi connectivity index (χ1) is 30.3. The molecule has 1 atom stereocenters. The minimum atomic E-state index is -4.74. The van der Waals surface area contributed by atoms with Crippen molar-refractivity contribution in [3.8, 4) is 23.0 Å². The Labute approximate surface area is 383 Å². The van der Waals surface area contributed by atoms with Crippen LogP contribution in [-0.2, 0) is 33.0 Å². The lowest BCUT2D eigenvalue weighted by Gasteiger charge is -2.53. The van der Waals surface area contributed by atoms with Crippen molar-refractivity contribution in [2.75, 3.05) is 31.0 Å². The van der Waals surface area contributed by atoms with Gasteiger partial charge in [-0.1, -0.05) is 0 Å². The first-order valence-electron chi connectivity index (χ1n) is 18.6. The molecule has 0 bridgehead atoms. The molecule has 0 radical (unpaired) electrons. The number of nitrogens with two attached hydrogens (primary N) is 3. The number of benzene rings is 4. The molecule has 1 saturated heterocycles. The number of hydrogen-bond acceptors (Lipinski definition) is 16. The molecule has 4 aromatic rings. The normalized spacial score (nSPS) is 15.9. The molecule has 1 aliphatic heterocycles. The fourth-order valence-corrected chi connectivity index (χ4v) is 8.53. The molecule has 25 nitrogen and oxygen atoms in total. The van der Waals surface area contributed by atoms with Crippen LogP contribution in [-0.4, -0.2) is 89.1 Å². The number of phosphoric acid groups is 3. The molecule has 374 valence electrons. The maximum absolute atomic E-state index is 12.8. The molecule has 5 rings (SSSR count). The average molecular weight is 1050 g/mol. The lowest BCUT2D eigenvalue weighted by atomic mass is 9.79. The molecule has 0 saturated carbocycles. The van der Waals surface area contributed by atoms with E-state index in [2.05, 4.69) is 14.4 Å². The Morgan fingerprint density at radius 3 is 1.55 bits per heavy atom. The summed E-state index contributed by atoms with van der Waals surface area (Å²) in [6.45, 7) is 8.14. The monoisotopic (exact) mass is 1050 g/mol. The summed E-state index contributed by atoms with van der Waals surface area (Å²) in [7, 11) is -20.4. The predicted molar refractivity (Wildman–Crippen MR) is 241 cm³/mol. The largest absolute Gasteiger partial charge is 0.524 e. The molecular weight excluding hydrogens is 997 g/mol. The van der Waals surface area contributed by atoms with Crippen molar-refractivity contribution >= 4 is 64.2 Å². The summed E-state index contributed by atoms with van der Waals surface area (Å²) in [6, 6.07) is 18.2. The van der Waals surface area contributed by atoms with Gasteiger partial charge in [-0.2, -0.15) is 18.1 Å². The number of nitrogen functional groups attached to an aromatic ring is 3. The highest BCUT2D eigenvalue weighted by atomic mass is 32.2. The fourth-order valence-electron chi connectivity index (χ4n) is 6.07. The predicted octanol–water partition coefficient (Wildman–Crippen LogP) is 4.80. The van der Waals surface area contributed by atoms with E-state index in [0.717, 1.165) is 30.9 Å². The second kappa shape index (κ2) is 23.1. The van der Waals surface area contributed by atoms with Crippen LogP contribution in [0.25, 0.3) is 0 Å². The molecule has 1 fully saturated rings. The van der Waals surface area contributed by atoms with E-state index in [1.165, 1.54) is 48.6 Å². The number of phosphoric ester groups is 2. The number of piperidine rings is 1. The SMILES string of the molecule is CC1(C)CC(NC(=O)c2ccc(S(=O)(=O)O)cc2)CC(C)(C)N1OP(=O)(O)O.COc1cc(N)ccc1OP(=O)(O)O.CP(=O)(O)Oc1ccc(N)cc1.Nc1ccc(OP(=O)(O)O)c(F)c1. The maximum Gasteiger partial charge on any atom is 0.524 e. The zero-order chi connectivity index (χ0) is 51.6. The number of hydroxylamine groups is 2. The summed E-state index contributed by atoms with van der Waals surface area (Å²) >= 11 is 0. The van der Waals surface area contributed by atoms with Gasteiger partial charge in [0.15, 0.2) is 23.1 Å². The Hall–Kier alpha value is -4.65. The Kier molecular flexibility index (Phi) is 20.2. The van der Waals surface area contributed by atoms with Crippen molar-refractivity contribution in [1.29, 1.82) is 0 Å². The third-order valence-electron chi connectivity index (χ3n) is 8.26.